The zero-order valence-corrected chi connectivity index (χ0v) is 8.96. The van der Waals surface area contributed by atoms with Crippen LogP contribution in [0.2, 0.25) is 0 Å². The maximum atomic E-state index is 5.56. The Morgan fingerprint density at radius 1 is 1.36 bits per heavy atom. The number of hydrogen-bond donors (Lipinski definition) is 0. The maximum Gasteiger partial charge on any atom is 0.126 e. The lowest BCUT2D eigenvalue weighted by molar-refractivity contribution is 0.344. The Balaban J connectivity index is 2.81. The second-order valence-corrected chi connectivity index (χ2v) is 3.33. The van der Waals surface area contributed by atoms with Gasteiger partial charge in [0.25, 0.3) is 0 Å². The van der Waals surface area contributed by atoms with Crippen molar-refractivity contribution in [3.05, 3.63) is 35.9 Å². The average molecular weight is 192 g/mol. The van der Waals surface area contributed by atoms with Gasteiger partial charge >= 0.3 is 0 Å². The molecule has 0 saturated heterocycles. The lowest BCUT2D eigenvalue weighted by Crippen LogP contribution is -2.00. The molecule has 0 fully saturated rings. The molecule has 76 valence electrons. The fourth-order valence-corrected chi connectivity index (χ4v) is 1.17. The number of benzene rings is 1. The van der Waals surface area contributed by atoms with E-state index < -0.39 is 0 Å². The Kier molecular flexibility index (Phi) is 3.57. The Labute approximate surface area is 85.2 Å². The first-order valence-corrected chi connectivity index (χ1v) is 4.56. The molecular formula is C12H16O2. The van der Waals surface area contributed by atoms with Crippen LogP contribution in [0.1, 0.15) is 12.5 Å². The molecule has 0 aliphatic rings. The van der Waals surface area contributed by atoms with E-state index in [0.29, 0.717) is 6.61 Å². The predicted octanol–water partition coefficient (Wildman–Crippen LogP) is 2.96. The molecule has 0 aliphatic carbocycles. The maximum absolute atomic E-state index is 5.56. The first-order chi connectivity index (χ1) is 6.65. The van der Waals surface area contributed by atoms with Gasteiger partial charge in [-0.2, -0.15) is 0 Å². The summed E-state index contributed by atoms with van der Waals surface area (Å²) in [5, 5.41) is 0. The van der Waals surface area contributed by atoms with Gasteiger partial charge in [0.1, 0.15) is 18.1 Å². The van der Waals surface area contributed by atoms with Crippen LogP contribution in [-0.2, 0) is 0 Å². The van der Waals surface area contributed by atoms with Gasteiger partial charge in [0, 0.05) is 5.56 Å². The third-order valence-corrected chi connectivity index (χ3v) is 1.93. The van der Waals surface area contributed by atoms with Gasteiger partial charge in [-0.1, -0.05) is 12.6 Å². The Hall–Kier alpha value is -1.44. The molecule has 1 aromatic carbocycles. The highest BCUT2D eigenvalue weighted by atomic mass is 16.5. The van der Waals surface area contributed by atoms with Crippen LogP contribution in [0.5, 0.6) is 11.5 Å². The van der Waals surface area contributed by atoms with Crippen LogP contribution in [-0.4, -0.2) is 13.7 Å². The number of hydrogen-bond acceptors (Lipinski definition) is 2. The highest BCUT2D eigenvalue weighted by Crippen LogP contribution is 2.27. The molecule has 1 aromatic rings. The van der Waals surface area contributed by atoms with Crippen molar-refractivity contribution >= 4 is 0 Å². The summed E-state index contributed by atoms with van der Waals surface area (Å²) in [6.45, 7) is 8.25. The van der Waals surface area contributed by atoms with Gasteiger partial charge in [-0.05, 0) is 31.6 Å². The Bertz CT molecular complexity index is 329. The van der Waals surface area contributed by atoms with E-state index in [9.17, 15) is 0 Å². The van der Waals surface area contributed by atoms with Gasteiger partial charge in [0.15, 0.2) is 0 Å². The van der Waals surface area contributed by atoms with Crippen LogP contribution in [0.3, 0.4) is 0 Å². The minimum atomic E-state index is 0.550. The normalized spacial score (nSPS) is 9.64. The molecule has 2 nitrogen and oxygen atoms in total. The topological polar surface area (TPSA) is 18.5 Å². The van der Waals surface area contributed by atoms with E-state index in [4.69, 9.17) is 9.47 Å². The minimum Gasteiger partial charge on any atom is -0.496 e. The molecule has 0 amide bonds. The predicted molar refractivity (Wildman–Crippen MR) is 58.0 cm³/mol. The second kappa shape index (κ2) is 4.70. The fourth-order valence-electron chi connectivity index (χ4n) is 1.17. The Morgan fingerprint density at radius 2 is 2.00 bits per heavy atom. The first-order valence-electron chi connectivity index (χ1n) is 4.56. The molecule has 0 aliphatic heterocycles. The summed E-state index contributed by atoms with van der Waals surface area (Å²) in [7, 11) is 1.66. The fraction of sp³-hybridized carbons (Fsp3) is 0.333. The summed E-state index contributed by atoms with van der Waals surface area (Å²) in [6, 6.07) is 5.77. The highest BCUT2D eigenvalue weighted by molar-refractivity contribution is 5.43. The van der Waals surface area contributed by atoms with E-state index >= 15 is 0 Å². The highest BCUT2D eigenvalue weighted by Gasteiger charge is 2.04. The molecule has 0 heterocycles. The molecular weight excluding hydrogens is 176 g/mol. The van der Waals surface area contributed by atoms with Crippen molar-refractivity contribution in [1.82, 2.24) is 0 Å². The van der Waals surface area contributed by atoms with Crippen LogP contribution < -0.4 is 9.47 Å². The van der Waals surface area contributed by atoms with E-state index in [1.165, 1.54) is 0 Å². The third-order valence-electron chi connectivity index (χ3n) is 1.93. The second-order valence-electron chi connectivity index (χ2n) is 3.33. The lowest BCUT2D eigenvalue weighted by Gasteiger charge is -2.11. The molecule has 0 radical (unpaired) electrons. The van der Waals surface area contributed by atoms with Crippen molar-refractivity contribution in [2.75, 3.05) is 13.7 Å². The van der Waals surface area contributed by atoms with Crippen LogP contribution in [0.25, 0.3) is 0 Å². The summed E-state index contributed by atoms with van der Waals surface area (Å²) in [6.07, 6.45) is 0. The Morgan fingerprint density at radius 3 is 2.57 bits per heavy atom. The van der Waals surface area contributed by atoms with Gasteiger partial charge in [-0.25, -0.2) is 0 Å². The van der Waals surface area contributed by atoms with E-state index in [1.807, 2.05) is 32.0 Å². The minimum absolute atomic E-state index is 0.550. The summed E-state index contributed by atoms with van der Waals surface area (Å²) < 4.78 is 10.8. The average Bonchev–Trinajstić information content (AvgIpc) is 2.16. The summed E-state index contributed by atoms with van der Waals surface area (Å²) in [5.74, 6) is 1.71. The molecule has 0 aromatic heterocycles. The van der Waals surface area contributed by atoms with Gasteiger partial charge in [-0.3, -0.25) is 0 Å². The molecule has 0 unspecified atom stereocenters. The number of ether oxygens (including phenoxy) is 2. The number of rotatable bonds is 4. The molecule has 0 N–H and O–H groups in total. The van der Waals surface area contributed by atoms with E-state index in [1.54, 1.807) is 7.11 Å². The van der Waals surface area contributed by atoms with Crippen LogP contribution >= 0.6 is 0 Å². The quantitative estimate of drug-likeness (QED) is 0.683. The van der Waals surface area contributed by atoms with Crippen molar-refractivity contribution in [2.45, 2.75) is 13.8 Å². The van der Waals surface area contributed by atoms with Gasteiger partial charge in [-0.15, -0.1) is 0 Å². The summed E-state index contributed by atoms with van der Waals surface area (Å²) in [4.78, 5) is 0. The smallest absolute Gasteiger partial charge is 0.126 e. The zero-order valence-electron chi connectivity index (χ0n) is 8.96. The number of methoxy groups -OCH3 is 1. The standard InChI is InChI=1S/C12H16O2/c1-9(2)8-14-12-7-5-6-11(13-4)10(12)3/h5-7H,1,8H2,2-4H3. The molecule has 1 rings (SSSR count). The monoisotopic (exact) mass is 192 g/mol. The summed E-state index contributed by atoms with van der Waals surface area (Å²) >= 11 is 0. The van der Waals surface area contributed by atoms with Crippen molar-refractivity contribution in [3.63, 3.8) is 0 Å². The van der Waals surface area contributed by atoms with E-state index in [2.05, 4.69) is 6.58 Å². The van der Waals surface area contributed by atoms with Crippen molar-refractivity contribution in [3.8, 4) is 11.5 Å². The lowest BCUT2D eigenvalue weighted by atomic mass is 10.2. The van der Waals surface area contributed by atoms with Crippen LogP contribution in [0.4, 0.5) is 0 Å². The molecule has 2 heteroatoms. The molecule has 14 heavy (non-hydrogen) atoms. The van der Waals surface area contributed by atoms with E-state index in [-0.39, 0.29) is 0 Å². The SMILES string of the molecule is C=C(C)COc1cccc(OC)c1C. The van der Waals surface area contributed by atoms with Crippen LogP contribution in [0, 0.1) is 6.92 Å². The van der Waals surface area contributed by atoms with Crippen molar-refractivity contribution < 1.29 is 9.47 Å². The van der Waals surface area contributed by atoms with Crippen LogP contribution in [0.15, 0.2) is 30.4 Å². The molecule has 0 saturated carbocycles. The van der Waals surface area contributed by atoms with Gasteiger partial charge in [0.2, 0.25) is 0 Å². The largest absolute Gasteiger partial charge is 0.496 e. The summed E-state index contributed by atoms with van der Waals surface area (Å²) in [5.41, 5.74) is 2.03. The van der Waals surface area contributed by atoms with Gasteiger partial charge < -0.3 is 9.47 Å². The van der Waals surface area contributed by atoms with Crippen molar-refractivity contribution in [2.24, 2.45) is 0 Å². The molecule has 0 bridgehead atoms. The molecule has 0 spiro atoms. The van der Waals surface area contributed by atoms with Crippen molar-refractivity contribution in [1.29, 1.82) is 0 Å². The molecule has 0 atom stereocenters. The van der Waals surface area contributed by atoms with E-state index in [0.717, 1.165) is 22.6 Å². The zero-order chi connectivity index (χ0) is 10.6. The first kappa shape index (κ1) is 10.6. The third kappa shape index (κ3) is 2.52. The van der Waals surface area contributed by atoms with Gasteiger partial charge in [0.05, 0.1) is 7.11 Å².